The summed E-state index contributed by atoms with van der Waals surface area (Å²) in [5.74, 6) is 0.546. The minimum atomic E-state index is -0.412. The van der Waals surface area contributed by atoms with E-state index >= 15 is 0 Å². The first-order chi connectivity index (χ1) is 15.4. The number of rotatable bonds is 5. The molecule has 1 amide bonds. The first-order valence-electron chi connectivity index (χ1n) is 11.2. The van der Waals surface area contributed by atoms with Crippen molar-refractivity contribution in [3.8, 4) is 0 Å². The fraction of sp³-hybridized carbons (Fsp3) is 0.522. The van der Waals surface area contributed by atoms with Gasteiger partial charge in [-0.25, -0.2) is 9.37 Å². The molecule has 172 valence electrons. The summed E-state index contributed by atoms with van der Waals surface area (Å²) in [7, 11) is 2.12. The van der Waals surface area contributed by atoms with Crippen LogP contribution in [-0.2, 0) is 4.79 Å². The molecule has 0 spiro atoms. The number of carbonyl (C=O) groups excluding carboxylic acids is 1. The van der Waals surface area contributed by atoms with Crippen LogP contribution in [0.3, 0.4) is 0 Å². The number of piperidine rings is 1. The number of carbonyl (C=O) groups is 1. The van der Waals surface area contributed by atoms with Gasteiger partial charge in [0, 0.05) is 6.54 Å². The van der Waals surface area contributed by atoms with Crippen molar-refractivity contribution in [2.45, 2.75) is 51.0 Å². The van der Waals surface area contributed by atoms with E-state index in [2.05, 4.69) is 37.9 Å². The van der Waals surface area contributed by atoms with Gasteiger partial charge in [0.05, 0.1) is 11.9 Å². The summed E-state index contributed by atoms with van der Waals surface area (Å²) in [6.45, 7) is 4.74. The molecule has 0 bridgehead atoms. The maximum atomic E-state index is 15.0. The molecule has 1 unspecified atom stereocenters. The molecule has 0 radical (unpaired) electrons. The molecule has 3 N–H and O–H groups in total. The van der Waals surface area contributed by atoms with Crippen molar-refractivity contribution < 1.29 is 9.18 Å². The van der Waals surface area contributed by atoms with Gasteiger partial charge in [-0.1, -0.05) is 11.6 Å². The van der Waals surface area contributed by atoms with Crippen molar-refractivity contribution in [3.63, 3.8) is 0 Å². The standard InChI is InChI=1S/C23H30ClFN6O/c1-14-11-20(18(25)12-16(14)15-6-9-31(2)10-7-15)29-23-27-13-17(24)21(30-23)28-19-5-3-4-8-26-22(19)32/h11-13,15,19H,3-10H2,1-2H3,(H,26,32)(H2,27,28,29,30). The predicted molar refractivity (Wildman–Crippen MR) is 125 cm³/mol. The van der Waals surface area contributed by atoms with E-state index in [1.165, 1.54) is 6.20 Å². The van der Waals surface area contributed by atoms with Crippen LogP contribution in [0, 0.1) is 12.7 Å². The smallest absolute Gasteiger partial charge is 0.242 e. The van der Waals surface area contributed by atoms with Gasteiger partial charge in [-0.3, -0.25) is 4.79 Å². The minimum Gasteiger partial charge on any atom is -0.357 e. The zero-order valence-corrected chi connectivity index (χ0v) is 19.3. The number of likely N-dealkylation sites (tertiary alicyclic amines) is 1. The SMILES string of the molecule is Cc1cc(Nc2ncc(Cl)c(NC3CCCCNC3=O)n2)c(F)cc1C1CCN(C)CC1. The van der Waals surface area contributed by atoms with Gasteiger partial charge in [0.25, 0.3) is 0 Å². The van der Waals surface area contributed by atoms with E-state index in [0.717, 1.165) is 49.9 Å². The van der Waals surface area contributed by atoms with E-state index in [-0.39, 0.29) is 17.7 Å². The third kappa shape index (κ3) is 5.30. The largest absolute Gasteiger partial charge is 0.357 e. The first-order valence-corrected chi connectivity index (χ1v) is 11.6. The van der Waals surface area contributed by atoms with Gasteiger partial charge in [-0.2, -0.15) is 4.98 Å². The lowest BCUT2D eigenvalue weighted by molar-refractivity contribution is -0.121. The van der Waals surface area contributed by atoms with E-state index in [1.54, 1.807) is 6.07 Å². The number of benzene rings is 1. The number of nitrogens with one attached hydrogen (secondary N) is 3. The summed E-state index contributed by atoms with van der Waals surface area (Å²) in [5, 5.41) is 9.28. The summed E-state index contributed by atoms with van der Waals surface area (Å²) >= 11 is 6.26. The summed E-state index contributed by atoms with van der Waals surface area (Å²) in [5.41, 5.74) is 2.44. The molecule has 1 atom stereocenters. The zero-order valence-electron chi connectivity index (χ0n) is 18.5. The van der Waals surface area contributed by atoms with E-state index in [1.807, 2.05) is 13.0 Å². The predicted octanol–water partition coefficient (Wildman–Crippen LogP) is 4.21. The highest BCUT2D eigenvalue weighted by atomic mass is 35.5. The van der Waals surface area contributed by atoms with Gasteiger partial charge >= 0.3 is 0 Å². The van der Waals surface area contributed by atoms with Crippen molar-refractivity contribution in [2.75, 3.05) is 37.3 Å². The van der Waals surface area contributed by atoms with E-state index < -0.39 is 6.04 Å². The Bertz CT molecular complexity index is 979. The zero-order chi connectivity index (χ0) is 22.7. The number of hydrogen-bond acceptors (Lipinski definition) is 6. The van der Waals surface area contributed by atoms with Crippen LogP contribution in [0.15, 0.2) is 18.3 Å². The Morgan fingerprint density at radius 2 is 2.00 bits per heavy atom. The Labute approximate surface area is 193 Å². The molecule has 0 saturated carbocycles. The van der Waals surface area contributed by atoms with Crippen molar-refractivity contribution in [1.29, 1.82) is 0 Å². The molecule has 1 aromatic carbocycles. The van der Waals surface area contributed by atoms with Crippen molar-refractivity contribution >= 4 is 35.0 Å². The lowest BCUT2D eigenvalue weighted by atomic mass is 9.86. The quantitative estimate of drug-likeness (QED) is 0.620. The highest BCUT2D eigenvalue weighted by Gasteiger charge is 2.23. The molecular weight excluding hydrogens is 431 g/mol. The summed E-state index contributed by atoms with van der Waals surface area (Å²) in [4.78, 5) is 23.1. The maximum absolute atomic E-state index is 15.0. The molecule has 2 fully saturated rings. The van der Waals surface area contributed by atoms with Crippen LogP contribution in [0.4, 0.5) is 21.8 Å². The second-order valence-electron chi connectivity index (χ2n) is 8.77. The Balaban J connectivity index is 1.51. The average molecular weight is 461 g/mol. The Hall–Kier alpha value is -2.45. The number of nitrogens with zero attached hydrogens (tertiary/aromatic N) is 3. The summed E-state index contributed by atoms with van der Waals surface area (Å²) in [6.07, 6.45) is 6.09. The van der Waals surface area contributed by atoms with Crippen LogP contribution < -0.4 is 16.0 Å². The Kier molecular flexibility index (Phi) is 7.10. The third-order valence-electron chi connectivity index (χ3n) is 6.35. The Morgan fingerprint density at radius 3 is 2.78 bits per heavy atom. The molecule has 2 saturated heterocycles. The molecule has 4 rings (SSSR count). The number of halogens is 2. The number of aromatic nitrogens is 2. The molecule has 1 aromatic heterocycles. The summed E-state index contributed by atoms with van der Waals surface area (Å²) < 4.78 is 15.0. The second kappa shape index (κ2) is 10.0. The number of aryl methyl sites for hydroxylation is 1. The minimum absolute atomic E-state index is 0.0714. The topological polar surface area (TPSA) is 82.2 Å². The molecular formula is C23H30ClFN6O. The van der Waals surface area contributed by atoms with E-state index in [4.69, 9.17) is 11.6 Å². The third-order valence-corrected chi connectivity index (χ3v) is 6.63. The van der Waals surface area contributed by atoms with Crippen LogP contribution in [0.5, 0.6) is 0 Å². The fourth-order valence-corrected chi connectivity index (χ4v) is 4.59. The van der Waals surface area contributed by atoms with Gasteiger partial charge in [0.1, 0.15) is 16.9 Å². The summed E-state index contributed by atoms with van der Waals surface area (Å²) in [6, 6.07) is 3.04. The van der Waals surface area contributed by atoms with Gasteiger partial charge in [-0.15, -0.1) is 0 Å². The van der Waals surface area contributed by atoms with Crippen LogP contribution in [0.2, 0.25) is 5.02 Å². The first kappa shape index (κ1) is 22.7. The molecule has 7 nitrogen and oxygen atoms in total. The van der Waals surface area contributed by atoms with Crippen LogP contribution >= 0.6 is 11.6 Å². The lowest BCUT2D eigenvalue weighted by Gasteiger charge is -2.30. The highest BCUT2D eigenvalue weighted by Crippen LogP contribution is 2.33. The monoisotopic (exact) mass is 460 g/mol. The van der Waals surface area contributed by atoms with Gasteiger partial charge in [0.15, 0.2) is 5.82 Å². The Morgan fingerprint density at radius 1 is 1.22 bits per heavy atom. The van der Waals surface area contributed by atoms with Gasteiger partial charge in [-0.05, 0) is 88.3 Å². The van der Waals surface area contributed by atoms with Crippen LogP contribution in [0.1, 0.15) is 49.1 Å². The molecule has 2 aliphatic heterocycles. The van der Waals surface area contributed by atoms with Gasteiger partial charge in [0.2, 0.25) is 11.9 Å². The van der Waals surface area contributed by atoms with E-state index in [0.29, 0.717) is 35.4 Å². The van der Waals surface area contributed by atoms with Crippen molar-refractivity contribution in [3.05, 3.63) is 40.3 Å². The van der Waals surface area contributed by atoms with Crippen LogP contribution in [-0.4, -0.2) is 53.5 Å². The van der Waals surface area contributed by atoms with Gasteiger partial charge < -0.3 is 20.9 Å². The molecule has 0 aliphatic carbocycles. The average Bonchev–Trinajstić information content (AvgIpc) is 2.97. The molecule has 9 heteroatoms. The normalized spacial score (nSPS) is 20.5. The second-order valence-corrected chi connectivity index (χ2v) is 9.17. The van der Waals surface area contributed by atoms with Crippen molar-refractivity contribution in [1.82, 2.24) is 20.2 Å². The fourth-order valence-electron chi connectivity index (χ4n) is 4.44. The molecule has 2 aliphatic rings. The number of hydrogen-bond donors (Lipinski definition) is 3. The molecule has 32 heavy (non-hydrogen) atoms. The maximum Gasteiger partial charge on any atom is 0.242 e. The molecule has 3 heterocycles. The van der Waals surface area contributed by atoms with E-state index in [9.17, 15) is 9.18 Å². The highest BCUT2D eigenvalue weighted by molar-refractivity contribution is 6.32. The number of amides is 1. The van der Waals surface area contributed by atoms with Crippen molar-refractivity contribution in [2.24, 2.45) is 0 Å². The van der Waals surface area contributed by atoms with Crippen LogP contribution in [0.25, 0.3) is 0 Å². The molecule has 2 aromatic rings. The lowest BCUT2D eigenvalue weighted by Crippen LogP contribution is -2.38. The number of anilines is 3.